The summed E-state index contributed by atoms with van der Waals surface area (Å²) in [6, 6.07) is 18.6. The molecule has 5 rings (SSSR count). The molecule has 3 amide bonds. The monoisotopic (exact) mass is 641 g/mol. The van der Waals surface area contributed by atoms with E-state index < -0.39 is 12.3 Å². The first kappa shape index (κ1) is 26.1. The van der Waals surface area contributed by atoms with E-state index in [2.05, 4.69) is 37.2 Å². The third-order valence-corrected chi connectivity index (χ3v) is 7.30. The van der Waals surface area contributed by atoms with Crippen molar-refractivity contribution < 1.29 is 18.7 Å². The first-order valence-electron chi connectivity index (χ1n) is 11.7. The zero-order valence-corrected chi connectivity index (χ0v) is 23.1. The summed E-state index contributed by atoms with van der Waals surface area (Å²) < 4.78 is 23.0. The summed E-state index contributed by atoms with van der Waals surface area (Å²) in [6.07, 6.45) is 1.73. The van der Waals surface area contributed by atoms with Crippen molar-refractivity contribution in [3.05, 3.63) is 98.8 Å². The van der Waals surface area contributed by atoms with E-state index in [1.165, 1.54) is 12.1 Å². The molecule has 1 aliphatic rings. The van der Waals surface area contributed by atoms with Crippen molar-refractivity contribution in [1.29, 1.82) is 0 Å². The molecule has 1 aromatic heterocycles. The van der Waals surface area contributed by atoms with Gasteiger partial charge in [-0.25, -0.2) is 13.9 Å². The highest BCUT2D eigenvalue weighted by atomic mass is 79.9. The van der Waals surface area contributed by atoms with Gasteiger partial charge >= 0.3 is 6.03 Å². The fourth-order valence-electron chi connectivity index (χ4n) is 4.28. The molecule has 4 aromatic rings. The van der Waals surface area contributed by atoms with Gasteiger partial charge in [0, 0.05) is 32.8 Å². The van der Waals surface area contributed by atoms with Gasteiger partial charge in [0.05, 0.1) is 11.4 Å². The minimum Gasteiger partial charge on any atom is -0.351 e. The average molecular weight is 643 g/mol. The van der Waals surface area contributed by atoms with Crippen molar-refractivity contribution >= 4 is 49.5 Å². The van der Waals surface area contributed by atoms with Crippen LogP contribution < -0.4 is 11.1 Å². The molecule has 0 aliphatic carbocycles. The van der Waals surface area contributed by atoms with Gasteiger partial charge in [0.1, 0.15) is 18.1 Å². The van der Waals surface area contributed by atoms with Gasteiger partial charge in [-0.05, 0) is 88.6 Å². The Morgan fingerprint density at radius 1 is 1.11 bits per heavy atom. The number of hydrogen-bond acceptors (Lipinski definition) is 4. The lowest BCUT2D eigenvalue weighted by Gasteiger charge is -2.23. The fourth-order valence-corrected chi connectivity index (χ4v) is 5.07. The van der Waals surface area contributed by atoms with E-state index in [0.717, 1.165) is 15.7 Å². The Kier molecular flexibility index (Phi) is 7.59. The van der Waals surface area contributed by atoms with Gasteiger partial charge in [-0.1, -0.05) is 22.0 Å². The maximum atomic E-state index is 13.7. The van der Waals surface area contributed by atoms with E-state index in [1.807, 2.05) is 42.6 Å². The molecule has 1 saturated heterocycles. The van der Waals surface area contributed by atoms with Crippen molar-refractivity contribution in [2.75, 3.05) is 18.5 Å². The van der Waals surface area contributed by atoms with Gasteiger partial charge in [0.15, 0.2) is 6.23 Å². The number of benzene rings is 3. The molecule has 0 spiro atoms. The van der Waals surface area contributed by atoms with Crippen LogP contribution in [0.4, 0.5) is 14.9 Å². The first-order chi connectivity index (χ1) is 18.3. The number of ether oxygens (including phenoxy) is 1. The molecule has 1 fully saturated rings. The van der Waals surface area contributed by atoms with Crippen LogP contribution in [0.5, 0.6) is 0 Å². The zero-order valence-electron chi connectivity index (χ0n) is 19.9. The highest BCUT2D eigenvalue weighted by molar-refractivity contribution is 9.10. The molecule has 1 aliphatic heterocycles. The van der Waals surface area contributed by atoms with E-state index in [4.69, 9.17) is 15.6 Å². The molecular weight excluding hydrogens is 621 g/mol. The second-order valence-corrected chi connectivity index (χ2v) is 10.4. The van der Waals surface area contributed by atoms with Crippen LogP contribution in [0.15, 0.2) is 81.9 Å². The van der Waals surface area contributed by atoms with E-state index in [1.54, 1.807) is 27.8 Å². The van der Waals surface area contributed by atoms with Crippen molar-refractivity contribution in [3.8, 4) is 16.9 Å². The topological polar surface area (TPSA) is 102 Å². The molecule has 11 heteroatoms. The third-order valence-electron chi connectivity index (χ3n) is 6.12. The van der Waals surface area contributed by atoms with Crippen LogP contribution in [0.3, 0.4) is 0 Å². The lowest BCUT2D eigenvalue weighted by atomic mass is 10.1. The summed E-state index contributed by atoms with van der Waals surface area (Å²) in [5.74, 6) is -0.484. The molecule has 8 nitrogen and oxygen atoms in total. The average Bonchev–Trinajstić information content (AvgIpc) is 3.48. The number of nitrogens with zero attached hydrogens (tertiary/aromatic N) is 3. The number of aromatic nitrogens is 2. The highest BCUT2D eigenvalue weighted by Crippen LogP contribution is 2.36. The number of amides is 3. The van der Waals surface area contributed by atoms with Crippen molar-refractivity contribution in [3.63, 3.8) is 0 Å². The van der Waals surface area contributed by atoms with Crippen LogP contribution in [-0.2, 0) is 16.0 Å². The number of carbonyl (C=O) groups is 2. The molecule has 1 atom stereocenters. The SMILES string of the molecule is NC(=O)Nc1ccc(CCN2C(=O)COC2c2cn(-c3ccc(Br)cc3)nc2-c2ccc(F)cc2)cc1Br. The second kappa shape index (κ2) is 11.1. The summed E-state index contributed by atoms with van der Waals surface area (Å²) in [4.78, 5) is 25.7. The van der Waals surface area contributed by atoms with Gasteiger partial charge < -0.3 is 20.7 Å². The van der Waals surface area contributed by atoms with Gasteiger partial charge in [-0.15, -0.1) is 0 Å². The Balaban J connectivity index is 1.45. The maximum absolute atomic E-state index is 13.7. The van der Waals surface area contributed by atoms with E-state index in [0.29, 0.717) is 39.9 Å². The molecule has 3 N–H and O–H groups in total. The standard InChI is InChI=1S/C27H22Br2FN5O3/c28-18-4-8-20(9-5-18)35-14-21(25(33-35)17-2-6-19(30)7-3-17)26-34(24(36)15-38-26)12-11-16-1-10-23(22(29)13-16)32-27(31)37/h1-10,13-14,26H,11-12,15H2,(H3,31,32,37). The highest BCUT2D eigenvalue weighted by Gasteiger charge is 2.36. The number of carbonyl (C=O) groups excluding carboxylic acids is 2. The number of primary amides is 1. The molecule has 38 heavy (non-hydrogen) atoms. The molecule has 0 radical (unpaired) electrons. The molecule has 2 heterocycles. The lowest BCUT2D eigenvalue weighted by molar-refractivity contribution is -0.128. The summed E-state index contributed by atoms with van der Waals surface area (Å²) in [5, 5.41) is 7.34. The molecule has 194 valence electrons. The van der Waals surface area contributed by atoms with Crippen molar-refractivity contribution in [2.24, 2.45) is 5.73 Å². The summed E-state index contributed by atoms with van der Waals surface area (Å²) in [7, 11) is 0. The van der Waals surface area contributed by atoms with Crippen LogP contribution >= 0.6 is 31.9 Å². The van der Waals surface area contributed by atoms with Crippen molar-refractivity contribution in [2.45, 2.75) is 12.6 Å². The Hall–Kier alpha value is -3.54. The minimum absolute atomic E-state index is 0.0534. The Labute approximate surface area is 234 Å². The van der Waals surface area contributed by atoms with Gasteiger partial charge in [0.25, 0.3) is 5.91 Å². The van der Waals surface area contributed by atoms with Crippen LogP contribution in [0.25, 0.3) is 16.9 Å². The summed E-state index contributed by atoms with van der Waals surface area (Å²) >= 11 is 6.89. The molecule has 0 saturated carbocycles. The number of rotatable bonds is 7. The predicted octanol–water partition coefficient (Wildman–Crippen LogP) is 5.79. The smallest absolute Gasteiger partial charge is 0.316 e. The van der Waals surface area contributed by atoms with Gasteiger partial charge in [-0.3, -0.25) is 4.79 Å². The largest absolute Gasteiger partial charge is 0.351 e. The van der Waals surface area contributed by atoms with Crippen LogP contribution in [0.1, 0.15) is 17.4 Å². The predicted molar refractivity (Wildman–Crippen MR) is 148 cm³/mol. The molecule has 0 bridgehead atoms. The van der Waals surface area contributed by atoms with E-state index >= 15 is 0 Å². The van der Waals surface area contributed by atoms with Crippen LogP contribution in [-0.4, -0.2) is 39.8 Å². The van der Waals surface area contributed by atoms with Crippen LogP contribution in [0, 0.1) is 5.82 Å². The van der Waals surface area contributed by atoms with Crippen LogP contribution in [0.2, 0.25) is 0 Å². The van der Waals surface area contributed by atoms with E-state index in [-0.39, 0.29) is 18.3 Å². The van der Waals surface area contributed by atoms with Crippen molar-refractivity contribution in [1.82, 2.24) is 14.7 Å². The normalized spacial score (nSPS) is 15.2. The fraction of sp³-hybridized carbons (Fsp3) is 0.148. The third kappa shape index (κ3) is 5.64. The van der Waals surface area contributed by atoms with Gasteiger partial charge in [-0.2, -0.15) is 5.10 Å². The van der Waals surface area contributed by atoms with E-state index in [9.17, 15) is 14.0 Å². The number of nitrogens with two attached hydrogens (primary N) is 1. The second-order valence-electron chi connectivity index (χ2n) is 8.66. The first-order valence-corrected chi connectivity index (χ1v) is 13.2. The Morgan fingerprint density at radius 2 is 1.84 bits per heavy atom. The maximum Gasteiger partial charge on any atom is 0.316 e. The molecule has 1 unspecified atom stereocenters. The number of halogens is 3. The number of hydrogen-bond donors (Lipinski definition) is 2. The minimum atomic E-state index is -0.661. The number of nitrogens with one attached hydrogen (secondary N) is 1. The summed E-state index contributed by atoms with van der Waals surface area (Å²) in [6.45, 7) is 0.340. The Morgan fingerprint density at radius 3 is 2.53 bits per heavy atom. The lowest BCUT2D eigenvalue weighted by Crippen LogP contribution is -2.30. The zero-order chi connectivity index (χ0) is 26.8. The quantitative estimate of drug-likeness (QED) is 0.266. The molecule has 3 aromatic carbocycles. The number of anilines is 1. The Bertz CT molecular complexity index is 1490. The van der Waals surface area contributed by atoms with Gasteiger partial charge in [0.2, 0.25) is 0 Å². The molecular formula is C27H22Br2FN5O3. The number of urea groups is 1. The summed E-state index contributed by atoms with van der Waals surface area (Å²) in [5.41, 5.74) is 9.56.